The van der Waals surface area contributed by atoms with Crippen molar-refractivity contribution in [3.63, 3.8) is 0 Å². The van der Waals surface area contributed by atoms with E-state index >= 15 is 0 Å². The average molecular weight is 303 g/mol. The number of aryl methyl sites for hydroxylation is 2. The van der Waals surface area contributed by atoms with Crippen LogP contribution < -0.4 is 10.6 Å². The molecule has 0 aliphatic carbocycles. The van der Waals surface area contributed by atoms with Crippen LogP contribution in [0.25, 0.3) is 0 Å². The number of hydrogen-bond acceptors (Lipinski definition) is 2. The number of anilines is 2. The highest BCUT2D eigenvalue weighted by Crippen LogP contribution is 2.20. The van der Waals surface area contributed by atoms with Crippen LogP contribution in [0, 0.1) is 13.8 Å². The maximum absolute atomic E-state index is 11.9. The van der Waals surface area contributed by atoms with Crippen molar-refractivity contribution in [1.29, 1.82) is 0 Å². The van der Waals surface area contributed by atoms with E-state index in [2.05, 4.69) is 16.7 Å². The number of benzene rings is 2. The van der Waals surface area contributed by atoms with Crippen molar-refractivity contribution in [2.75, 3.05) is 17.2 Å². The van der Waals surface area contributed by atoms with Gasteiger partial charge in [0.25, 0.3) is 0 Å². The zero-order valence-electron chi connectivity index (χ0n) is 12.2. The quantitative estimate of drug-likeness (QED) is 0.859. The molecule has 2 rings (SSSR count). The molecule has 0 aromatic heterocycles. The van der Waals surface area contributed by atoms with Crippen LogP contribution in [0.2, 0.25) is 5.02 Å². The topological polar surface area (TPSA) is 41.1 Å². The normalized spacial score (nSPS) is 10.2. The van der Waals surface area contributed by atoms with Crippen LogP contribution in [0.4, 0.5) is 11.4 Å². The first-order valence-electron chi connectivity index (χ1n) is 6.91. The summed E-state index contributed by atoms with van der Waals surface area (Å²) in [6, 6.07) is 13.5. The van der Waals surface area contributed by atoms with E-state index in [1.165, 1.54) is 0 Å². The van der Waals surface area contributed by atoms with Gasteiger partial charge in [0.05, 0.1) is 10.7 Å². The van der Waals surface area contributed by atoms with Crippen molar-refractivity contribution in [2.24, 2.45) is 0 Å². The van der Waals surface area contributed by atoms with Crippen LogP contribution in [-0.4, -0.2) is 12.5 Å². The minimum atomic E-state index is -0.0143. The molecule has 0 heterocycles. The van der Waals surface area contributed by atoms with Crippen molar-refractivity contribution in [1.82, 2.24) is 0 Å². The van der Waals surface area contributed by atoms with Gasteiger partial charge >= 0.3 is 0 Å². The molecule has 2 N–H and O–H groups in total. The molecule has 4 heteroatoms. The number of para-hydroxylation sites is 1. The van der Waals surface area contributed by atoms with Gasteiger partial charge in [-0.05, 0) is 49.2 Å². The summed E-state index contributed by atoms with van der Waals surface area (Å²) < 4.78 is 0. The lowest BCUT2D eigenvalue weighted by Crippen LogP contribution is -2.16. The van der Waals surface area contributed by atoms with Gasteiger partial charge < -0.3 is 10.6 Å². The molecule has 0 spiro atoms. The smallest absolute Gasteiger partial charge is 0.226 e. The lowest BCUT2D eigenvalue weighted by molar-refractivity contribution is -0.115. The Labute approximate surface area is 130 Å². The standard InChI is InChI=1S/C17H19ClN2O/c1-12-9-13(2)11-14(10-12)20-17(21)7-8-19-16-6-4-3-5-15(16)18/h3-6,9-11,19H,7-8H2,1-2H3,(H,20,21). The van der Waals surface area contributed by atoms with Gasteiger partial charge in [0.1, 0.15) is 0 Å². The zero-order valence-corrected chi connectivity index (χ0v) is 13.0. The molecule has 0 aliphatic rings. The molecule has 110 valence electrons. The second kappa shape index (κ2) is 7.14. The fraction of sp³-hybridized carbons (Fsp3) is 0.235. The maximum atomic E-state index is 11.9. The van der Waals surface area contributed by atoms with Gasteiger partial charge in [0.15, 0.2) is 0 Å². The predicted molar refractivity (Wildman–Crippen MR) is 89.1 cm³/mol. The molecule has 0 atom stereocenters. The van der Waals surface area contributed by atoms with Crippen LogP contribution in [0.3, 0.4) is 0 Å². The lowest BCUT2D eigenvalue weighted by Gasteiger charge is -2.09. The summed E-state index contributed by atoms with van der Waals surface area (Å²) in [5.41, 5.74) is 3.97. The van der Waals surface area contributed by atoms with Crippen molar-refractivity contribution in [2.45, 2.75) is 20.3 Å². The summed E-state index contributed by atoms with van der Waals surface area (Å²) in [5.74, 6) is -0.0143. The third kappa shape index (κ3) is 4.80. The monoisotopic (exact) mass is 302 g/mol. The molecule has 2 aromatic carbocycles. The number of rotatable bonds is 5. The molecule has 1 amide bonds. The van der Waals surface area contributed by atoms with Gasteiger partial charge in [-0.3, -0.25) is 4.79 Å². The van der Waals surface area contributed by atoms with Crippen LogP contribution >= 0.6 is 11.6 Å². The van der Waals surface area contributed by atoms with E-state index in [1.807, 2.05) is 50.2 Å². The number of carbonyl (C=O) groups excluding carboxylic acids is 1. The van der Waals surface area contributed by atoms with E-state index in [4.69, 9.17) is 11.6 Å². The summed E-state index contributed by atoms with van der Waals surface area (Å²) in [4.78, 5) is 11.9. The van der Waals surface area contributed by atoms with Crippen molar-refractivity contribution >= 4 is 28.9 Å². The van der Waals surface area contributed by atoms with E-state index < -0.39 is 0 Å². The predicted octanol–water partition coefficient (Wildman–Crippen LogP) is 4.40. The molecule has 0 radical (unpaired) electrons. The fourth-order valence-electron chi connectivity index (χ4n) is 2.19. The van der Waals surface area contributed by atoms with E-state index in [9.17, 15) is 4.79 Å². The first kappa shape index (κ1) is 15.4. The van der Waals surface area contributed by atoms with E-state index in [1.54, 1.807) is 0 Å². The molecule has 0 aliphatic heterocycles. The van der Waals surface area contributed by atoms with Crippen molar-refractivity contribution < 1.29 is 4.79 Å². The number of halogens is 1. The maximum Gasteiger partial charge on any atom is 0.226 e. The lowest BCUT2D eigenvalue weighted by atomic mass is 10.1. The second-order valence-electron chi connectivity index (χ2n) is 5.08. The Morgan fingerprint density at radius 3 is 2.43 bits per heavy atom. The summed E-state index contributed by atoms with van der Waals surface area (Å²) in [6.45, 7) is 4.57. The summed E-state index contributed by atoms with van der Waals surface area (Å²) in [5, 5.41) is 6.73. The first-order chi connectivity index (χ1) is 10.0. The van der Waals surface area contributed by atoms with E-state index in [0.29, 0.717) is 18.0 Å². The molecular formula is C17H19ClN2O. The number of nitrogens with one attached hydrogen (secondary N) is 2. The molecular weight excluding hydrogens is 284 g/mol. The molecule has 21 heavy (non-hydrogen) atoms. The number of carbonyl (C=O) groups is 1. The number of hydrogen-bond donors (Lipinski definition) is 2. The van der Waals surface area contributed by atoms with E-state index in [-0.39, 0.29) is 5.91 Å². The average Bonchev–Trinajstić information content (AvgIpc) is 2.39. The highest BCUT2D eigenvalue weighted by Gasteiger charge is 2.04. The minimum absolute atomic E-state index is 0.0143. The Kier molecular flexibility index (Phi) is 5.23. The summed E-state index contributed by atoms with van der Waals surface area (Å²) in [7, 11) is 0. The third-order valence-electron chi connectivity index (χ3n) is 3.05. The van der Waals surface area contributed by atoms with Gasteiger partial charge in [-0.1, -0.05) is 29.8 Å². The molecule has 0 bridgehead atoms. The molecule has 3 nitrogen and oxygen atoms in total. The first-order valence-corrected chi connectivity index (χ1v) is 7.29. The highest BCUT2D eigenvalue weighted by atomic mass is 35.5. The van der Waals surface area contributed by atoms with Crippen LogP contribution in [0.5, 0.6) is 0 Å². The highest BCUT2D eigenvalue weighted by molar-refractivity contribution is 6.33. The van der Waals surface area contributed by atoms with Gasteiger partial charge in [-0.2, -0.15) is 0 Å². The molecule has 2 aromatic rings. The summed E-state index contributed by atoms with van der Waals surface area (Å²) in [6.07, 6.45) is 0.387. The Morgan fingerprint density at radius 2 is 1.76 bits per heavy atom. The summed E-state index contributed by atoms with van der Waals surface area (Å²) >= 11 is 6.04. The SMILES string of the molecule is Cc1cc(C)cc(NC(=O)CCNc2ccccc2Cl)c1. The molecule has 0 saturated carbocycles. The largest absolute Gasteiger partial charge is 0.383 e. The van der Waals surface area contributed by atoms with Gasteiger partial charge in [0, 0.05) is 18.7 Å². The van der Waals surface area contributed by atoms with Gasteiger partial charge in [0.2, 0.25) is 5.91 Å². The van der Waals surface area contributed by atoms with Gasteiger partial charge in [-0.25, -0.2) is 0 Å². The second-order valence-corrected chi connectivity index (χ2v) is 5.49. The Morgan fingerprint density at radius 1 is 1.10 bits per heavy atom. The van der Waals surface area contributed by atoms with Crippen molar-refractivity contribution in [3.8, 4) is 0 Å². The molecule has 0 fully saturated rings. The van der Waals surface area contributed by atoms with Crippen LogP contribution in [0.1, 0.15) is 17.5 Å². The zero-order chi connectivity index (χ0) is 15.2. The van der Waals surface area contributed by atoms with Crippen molar-refractivity contribution in [3.05, 3.63) is 58.6 Å². The van der Waals surface area contributed by atoms with Gasteiger partial charge in [-0.15, -0.1) is 0 Å². The van der Waals surface area contributed by atoms with Crippen LogP contribution in [-0.2, 0) is 4.79 Å². The Bertz CT molecular complexity index is 620. The minimum Gasteiger partial charge on any atom is -0.383 e. The fourth-order valence-corrected chi connectivity index (χ4v) is 2.39. The number of amides is 1. The molecule has 0 unspecified atom stereocenters. The molecule has 0 saturated heterocycles. The third-order valence-corrected chi connectivity index (χ3v) is 3.38. The van der Waals surface area contributed by atoms with Crippen LogP contribution in [0.15, 0.2) is 42.5 Å². The Balaban J connectivity index is 1.84. The van der Waals surface area contributed by atoms with E-state index in [0.717, 1.165) is 22.5 Å². The Hall–Kier alpha value is -2.00.